The predicted octanol–water partition coefficient (Wildman–Crippen LogP) is 1.77. The second-order valence-electron chi connectivity index (χ2n) is 8.11. The van der Waals surface area contributed by atoms with Gasteiger partial charge in [0, 0.05) is 72.4 Å². The Hall–Kier alpha value is -2.67. The summed E-state index contributed by atoms with van der Waals surface area (Å²) in [5, 5.41) is 0. The highest BCUT2D eigenvalue weighted by Gasteiger charge is 2.28. The van der Waals surface area contributed by atoms with Gasteiger partial charge in [0.05, 0.1) is 5.69 Å². The van der Waals surface area contributed by atoms with E-state index in [1.54, 1.807) is 6.92 Å². The minimum absolute atomic E-state index is 0.153. The molecule has 0 saturated carbocycles. The quantitative estimate of drug-likeness (QED) is 0.788. The Kier molecular flexibility index (Phi) is 5.67. The third kappa shape index (κ3) is 4.34. The van der Waals surface area contributed by atoms with E-state index in [4.69, 9.17) is 9.97 Å². The molecule has 4 rings (SSSR count). The van der Waals surface area contributed by atoms with Gasteiger partial charge in [0.25, 0.3) is 0 Å². The Labute approximate surface area is 172 Å². The summed E-state index contributed by atoms with van der Waals surface area (Å²) in [7, 11) is 3.98. The number of carbonyl (C=O) groups is 1. The number of benzene rings is 1. The maximum absolute atomic E-state index is 11.7. The lowest BCUT2D eigenvalue weighted by molar-refractivity contribution is -0.129. The second-order valence-corrected chi connectivity index (χ2v) is 8.11. The fraction of sp³-hybridized carbons (Fsp3) is 0.500. The van der Waals surface area contributed by atoms with Crippen molar-refractivity contribution in [3.05, 3.63) is 47.2 Å². The molecule has 1 aromatic heterocycles. The standard InChI is InChI=1S/C22H30N6O/c1-17(29)27-11-13-28(14-12-27)21-19-9-10-26(15-18-7-5-4-6-8-18)16-20(19)23-22(24-21)25(2)3/h4-8H,9-16H2,1-3H3. The molecule has 1 aromatic carbocycles. The summed E-state index contributed by atoms with van der Waals surface area (Å²) in [5.74, 6) is 1.97. The largest absolute Gasteiger partial charge is 0.353 e. The van der Waals surface area contributed by atoms with Crippen molar-refractivity contribution in [1.82, 2.24) is 19.8 Å². The van der Waals surface area contributed by atoms with Crippen LogP contribution in [0, 0.1) is 0 Å². The van der Waals surface area contributed by atoms with Gasteiger partial charge in [-0.1, -0.05) is 30.3 Å². The zero-order chi connectivity index (χ0) is 20.4. The van der Waals surface area contributed by atoms with Gasteiger partial charge in [-0.25, -0.2) is 4.98 Å². The Morgan fingerprint density at radius 2 is 1.76 bits per heavy atom. The highest BCUT2D eigenvalue weighted by Crippen LogP contribution is 2.29. The minimum atomic E-state index is 0.153. The van der Waals surface area contributed by atoms with Crippen LogP contribution in [0.25, 0.3) is 0 Å². The molecule has 0 N–H and O–H groups in total. The topological polar surface area (TPSA) is 55.8 Å². The lowest BCUT2D eigenvalue weighted by Gasteiger charge is -2.38. The van der Waals surface area contributed by atoms with Crippen LogP contribution in [0.1, 0.15) is 23.7 Å². The molecule has 1 amide bonds. The van der Waals surface area contributed by atoms with E-state index in [9.17, 15) is 4.79 Å². The molecule has 2 aliphatic heterocycles. The third-order valence-corrected chi connectivity index (χ3v) is 5.78. The lowest BCUT2D eigenvalue weighted by atomic mass is 10.0. The first-order valence-corrected chi connectivity index (χ1v) is 10.3. The summed E-state index contributed by atoms with van der Waals surface area (Å²) in [4.78, 5) is 30.2. The number of fused-ring (bicyclic) bond motifs is 1. The summed E-state index contributed by atoms with van der Waals surface area (Å²) in [6, 6.07) is 10.6. The molecule has 0 bridgehead atoms. The zero-order valence-electron chi connectivity index (χ0n) is 17.6. The maximum atomic E-state index is 11.7. The Bertz CT molecular complexity index is 861. The van der Waals surface area contributed by atoms with Crippen molar-refractivity contribution in [3.8, 4) is 0 Å². The number of carbonyl (C=O) groups excluding carboxylic acids is 1. The Morgan fingerprint density at radius 3 is 2.41 bits per heavy atom. The first-order valence-electron chi connectivity index (χ1n) is 10.3. The first-order chi connectivity index (χ1) is 14.0. The van der Waals surface area contributed by atoms with Crippen LogP contribution in [0.2, 0.25) is 0 Å². The second kappa shape index (κ2) is 8.37. The molecule has 0 aliphatic carbocycles. The number of aromatic nitrogens is 2. The molecule has 1 saturated heterocycles. The molecule has 0 spiro atoms. The fourth-order valence-electron chi connectivity index (χ4n) is 4.12. The smallest absolute Gasteiger partial charge is 0.227 e. The number of rotatable bonds is 4. The van der Waals surface area contributed by atoms with E-state index in [-0.39, 0.29) is 5.91 Å². The molecule has 154 valence electrons. The average Bonchev–Trinajstić information content (AvgIpc) is 2.73. The molecule has 7 nitrogen and oxygen atoms in total. The van der Waals surface area contributed by atoms with Gasteiger partial charge >= 0.3 is 0 Å². The molecule has 2 aromatic rings. The highest BCUT2D eigenvalue weighted by atomic mass is 16.2. The number of hydrogen-bond donors (Lipinski definition) is 0. The van der Waals surface area contributed by atoms with Crippen LogP contribution in [-0.2, 0) is 24.3 Å². The van der Waals surface area contributed by atoms with E-state index >= 15 is 0 Å². The molecule has 0 radical (unpaired) electrons. The van der Waals surface area contributed by atoms with Gasteiger partial charge in [-0.15, -0.1) is 0 Å². The molecule has 0 unspecified atom stereocenters. The van der Waals surface area contributed by atoms with Crippen molar-refractivity contribution in [3.63, 3.8) is 0 Å². The maximum Gasteiger partial charge on any atom is 0.227 e. The number of hydrogen-bond acceptors (Lipinski definition) is 6. The van der Waals surface area contributed by atoms with Crippen LogP contribution in [0.3, 0.4) is 0 Å². The molecular weight excluding hydrogens is 364 g/mol. The van der Waals surface area contributed by atoms with Gasteiger partial charge in [0.1, 0.15) is 5.82 Å². The molecule has 29 heavy (non-hydrogen) atoms. The Balaban J connectivity index is 1.57. The van der Waals surface area contributed by atoms with Crippen LogP contribution in [-0.4, -0.2) is 72.5 Å². The summed E-state index contributed by atoms with van der Waals surface area (Å²) in [6.07, 6.45) is 0.956. The van der Waals surface area contributed by atoms with Crippen molar-refractivity contribution in [1.29, 1.82) is 0 Å². The molecule has 7 heteroatoms. The van der Waals surface area contributed by atoms with Gasteiger partial charge in [-0.3, -0.25) is 9.69 Å². The fourth-order valence-corrected chi connectivity index (χ4v) is 4.12. The lowest BCUT2D eigenvalue weighted by Crippen LogP contribution is -2.49. The van der Waals surface area contributed by atoms with Crippen molar-refractivity contribution in [2.45, 2.75) is 26.4 Å². The Morgan fingerprint density at radius 1 is 1.03 bits per heavy atom. The van der Waals surface area contributed by atoms with Crippen molar-refractivity contribution < 1.29 is 4.79 Å². The van der Waals surface area contributed by atoms with E-state index in [0.717, 1.165) is 69.7 Å². The van der Waals surface area contributed by atoms with E-state index in [0.29, 0.717) is 0 Å². The normalized spacial score (nSPS) is 17.2. The van der Waals surface area contributed by atoms with Crippen LogP contribution in [0.4, 0.5) is 11.8 Å². The summed E-state index contributed by atoms with van der Waals surface area (Å²) >= 11 is 0. The van der Waals surface area contributed by atoms with E-state index in [2.05, 4.69) is 40.1 Å². The van der Waals surface area contributed by atoms with Gasteiger partial charge < -0.3 is 14.7 Å². The SMILES string of the molecule is CC(=O)N1CCN(c2nc(N(C)C)nc3c2CCN(Cc2ccccc2)C3)CC1. The van der Waals surface area contributed by atoms with Gasteiger partial charge in [-0.05, 0) is 12.0 Å². The molecule has 0 atom stereocenters. The van der Waals surface area contributed by atoms with Gasteiger partial charge in [0.15, 0.2) is 0 Å². The van der Waals surface area contributed by atoms with Crippen molar-refractivity contribution in [2.24, 2.45) is 0 Å². The number of nitrogens with zero attached hydrogens (tertiary/aromatic N) is 6. The third-order valence-electron chi connectivity index (χ3n) is 5.78. The molecular formula is C22H30N6O. The summed E-state index contributed by atoms with van der Waals surface area (Å²) in [6.45, 7) is 7.59. The predicted molar refractivity (Wildman–Crippen MR) is 115 cm³/mol. The van der Waals surface area contributed by atoms with E-state index in [1.807, 2.05) is 23.9 Å². The van der Waals surface area contributed by atoms with Crippen LogP contribution in [0.5, 0.6) is 0 Å². The highest BCUT2D eigenvalue weighted by molar-refractivity contribution is 5.73. The van der Waals surface area contributed by atoms with E-state index < -0.39 is 0 Å². The van der Waals surface area contributed by atoms with E-state index in [1.165, 1.54) is 11.1 Å². The van der Waals surface area contributed by atoms with Crippen molar-refractivity contribution in [2.75, 3.05) is 56.6 Å². The molecule has 1 fully saturated rings. The molecule has 2 aliphatic rings. The molecule has 3 heterocycles. The van der Waals surface area contributed by atoms with Crippen LogP contribution >= 0.6 is 0 Å². The number of piperazine rings is 1. The number of anilines is 2. The zero-order valence-corrected chi connectivity index (χ0v) is 17.6. The van der Waals surface area contributed by atoms with Gasteiger partial charge in [-0.2, -0.15) is 4.98 Å². The van der Waals surface area contributed by atoms with Crippen molar-refractivity contribution >= 4 is 17.7 Å². The van der Waals surface area contributed by atoms with Crippen LogP contribution in [0.15, 0.2) is 30.3 Å². The monoisotopic (exact) mass is 394 g/mol. The average molecular weight is 395 g/mol. The minimum Gasteiger partial charge on any atom is -0.353 e. The number of amides is 1. The summed E-state index contributed by atoms with van der Waals surface area (Å²) in [5.41, 5.74) is 3.74. The summed E-state index contributed by atoms with van der Waals surface area (Å²) < 4.78 is 0. The van der Waals surface area contributed by atoms with Crippen LogP contribution < -0.4 is 9.80 Å². The van der Waals surface area contributed by atoms with Gasteiger partial charge in [0.2, 0.25) is 11.9 Å². The first kappa shape index (κ1) is 19.6.